The van der Waals surface area contributed by atoms with Gasteiger partial charge in [-0.1, -0.05) is 18.2 Å². The highest BCUT2D eigenvalue weighted by atomic mass is 19.1. The van der Waals surface area contributed by atoms with Gasteiger partial charge in [-0.25, -0.2) is 4.39 Å². The summed E-state index contributed by atoms with van der Waals surface area (Å²) in [6.07, 6.45) is 2.06. The van der Waals surface area contributed by atoms with Gasteiger partial charge in [0, 0.05) is 50.1 Å². The fourth-order valence-electron chi connectivity index (χ4n) is 4.54. The summed E-state index contributed by atoms with van der Waals surface area (Å²) in [5.41, 5.74) is 4.36. The second kappa shape index (κ2) is 7.93. The molecule has 0 N–H and O–H groups in total. The van der Waals surface area contributed by atoms with Crippen LogP contribution in [0.4, 0.5) is 4.39 Å². The number of hydrogen-bond donors (Lipinski definition) is 0. The van der Waals surface area contributed by atoms with E-state index in [9.17, 15) is 4.39 Å². The maximum absolute atomic E-state index is 13.6. The second-order valence-electron chi connectivity index (χ2n) is 8.41. The first-order valence-electron chi connectivity index (χ1n) is 10.1. The number of halogens is 1. The zero-order valence-electron chi connectivity index (χ0n) is 17.1. The molecule has 1 spiro atoms. The standard InChI is InChI=1S/C22H30FN3O2/c1-16-20(17(2)25(3)24-16)11-26-14-22(15-26)10-18(12-28-22)8-9-27-13-19-6-4-5-7-21(19)23/h4-7,18H,8-15H2,1-3H3. The van der Waals surface area contributed by atoms with Gasteiger partial charge in [0.2, 0.25) is 0 Å². The van der Waals surface area contributed by atoms with Crippen molar-refractivity contribution in [2.75, 3.05) is 26.3 Å². The second-order valence-corrected chi connectivity index (χ2v) is 8.41. The van der Waals surface area contributed by atoms with Crippen LogP contribution in [0.1, 0.15) is 35.4 Å². The number of nitrogens with zero attached hydrogens (tertiary/aromatic N) is 3. The third-order valence-electron chi connectivity index (χ3n) is 6.24. The maximum Gasteiger partial charge on any atom is 0.128 e. The largest absolute Gasteiger partial charge is 0.377 e. The van der Waals surface area contributed by atoms with E-state index in [1.165, 1.54) is 17.3 Å². The van der Waals surface area contributed by atoms with Crippen LogP contribution >= 0.6 is 0 Å². The van der Waals surface area contributed by atoms with E-state index in [0.717, 1.165) is 44.8 Å². The molecule has 0 bridgehead atoms. The van der Waals surface area contributed by atoms with E-state index in [0.29, 0.717) is 24.7 Å². The Morgan fingerprint density at radius 3 is 2.79 bits per heavy atom. The van der Waals surface area contributed by atoms with Gasteiger partial charge < -0.3 is 9.47 Å². The fraction of sp³-hybridized carbons (Fsp3) is 0.591. The predicted octanol–water partition coefficient (Wildman–Crippen LogP) is 3.37. The number of aromatic nitrogens is 2. The molecule has 2 saturated heterocycles. The van der Waals surface area contributed by atoms with Gasteiger partial charge in [-0.3, -0.25) is 9.58 Å². The van der Waals surface area contributed by atoms with Crippen molar-refractivity contribution in [2.45, 2.75) is 45.4 Å². The number of hydrogen-bond acceptors (Lipinski definition) is 4. The molecule has 6 heteroatoms. The molecule has 0 radical (unpaired) electrons. The molecule has 1 atom stereocenters. The average Bonchev–Trinajstić information content (AvgIpc) is 3.16. The molecule has 2 aliphatic heterocycles. The van der Waals surface area contributed by atoms with Crippen molar-refractivity contribution < 1.29 is 13.9 Å². The number of benzene rings is 1. The number of likely N-dealkylation sites (tertiary alicyclic amines) is 1. The molecule has 0 amide bonds. The van der Waals surface area contributed by atoms with E-state index in [1.807, 2.05) is 17.8 Å². The summed E-state index contributed by atoms with van der Waals surface area (Å²) >= 11 is 0. The highest BCUT2D eigenvalue weighted by molar-refractivity contribution is 5.25. The zero-order valence-corrected chi connectivity index (χ0v) is 17.1. The quantitative estimate of drug-likeness (QED) is 0.683. The van der Waals surface area contributed by atoms with Crippen molar-refractivity contribution in [2.24, 2.45) is 13.0 Å². The van der Waals surface area contributed by atoms with Crippen LogP contribution in [0.3, 0.4) is 0 Å². The first kappa shape index (κ1) is 19.6. The third kappa shape index (κ3) is 4.00. The Morgan fingerprint density at radius 2 is 2.07 bits per heavy atom. The van der Waals surface area contributed by atoms with Gasteiger partial charge in [0.15, 0.2) is 0 Å². The van der Waals surface area contributed by atoms with Crippen LogP contribution in [-0.2, 0) is 29.7 Å². The highest BCUT2D eigenvalue weighted by Gasteiger charge is 2.49. The molecule has 2 fully saturated rings. The van der Waals surface area contributed by atoms with Gasteiger partial charge in [0.25, 0.3) is 0 Å². The molecule has 2 aliphatic rings. The molecule has 28 heavy (non-hydrogen) atoms. The summed E-state index contributed by atoms with van der Waals surface area (Å²) in [5.74, 6) is 0.337. The van der Waals surface area contributed by atoms with Crippen molar-refractivity contribution in [3.63, 3.8) is 0 Å². The average molecular weight is 387 g/mol. The fourth-order valence-corrected chi connectivity index (χ4v) is 4.54. The van der Waals surface area contributed by atoms with E-state index in [2.05, 4.69) is 23.8 Å². The molecule has 1 aromatic heterocycles. The number of aryl methyl sites for hydroxylation is 2. The Hall–Kier alpha value is -1.76. The van der Waals surface area contributed by atoms with Gasteiger partial charge in [-0.2, -0.15) is 5.10 Å². The van der Waals surface area contributed by atoms with Gasteiger partial charge in [-0.05, 0) is 38.7 Å². The van der Waals surface area contributed by atoms with Crippen LogP contribution in [0.2, 0.25) is 0 Å². The smallest absolute Gasteiger partial charge is 0.128 e. The molecule has 4 rings (SSSR count). The molecule has 2 aromatic rings. The molecule has 3 heterocycles. The van der Waals surface area contributed by atoms with Crippen molar-refractivity contribution in [3.05, 3.63) is 52.6 Å². The Bertz CT molecular complexity index is 829. The Labute approximate surface area is 166 Å². The van der Waals surface area contributed by atoms with E-state index in [1.54, 1.807) is 12.1 Å². The summed E-state index contributed by atoms with van der Waals surface area (Å²) in [7, 11) is 2.00. The monoisotopic (exact) mass is 387 g/mol. The van der Waals surface area contributed by atoms with Crippen LogP contribution in [0, 0.1) is 25.6 Å². The summed E-state index contributed by atoms with van der Waals surface area (Å²) in [6.45, 7) is 8.95. The van der Waals surface area contributed by atoms with Gasteiger partial charge in [0.1, 0.15) is 5.82 Å². The van der Waals surface area contributed by atoms with Gasteiger partial charge >= 0.3 is 0 Å². The number of rotatable bonds is 7. The lowest BCUT2D eigenvalue weighted by molar-refractivity contribution is -0.114. The minimum atomic E-state index is -0.195. The SMILES string of the molecule is Cc1nn(C)c(C)c1CN1CC2(CC(CCOCc3ccccc3F)CO2)C1. The molecular weight excluding hydrogens is 357 g/mol. The van der Waals surface area contributed by atoms with E-state index >= 15 is 0 Å². The summed E-state index contributed by atoms with van der Waals surface area (Å²) in [4.78, 5) is 2.45. The van der Waals surface area contributed by atoms with Crippen LogP contribution in [0.15, 0.2) is 24.3 Å². The van der Waals surface area contributed by atoms with Crippen molar-refractivity contribution in [1.82, 2.24) is 14.7 Å². The molecule has 1 aromatic carbocycles. The van der Waals surface area contributed by atoms with Crippen LogP contribution in [0.5, 0.6) is 0 Å². The van der Waals surface area contributed by atoms with Crippen molar-refractivity contribution in [1.29, 1.82) is 0 Å². The zero-order chi connectivity index (χ0) is 19.7. The normalized spacial score (nSPS) is 21.4. The first-order chi connectivity index (χ1) is 13.5. The number of ether oxygens (including phenoxy) is 2. The molecule has 1 unspecified atom stereocenters. The lowest BCUT2D eigenvalue weighted by Crippen LogP contribution is -2.60. The topological polar surface area (TPSA) is 39.5 Å². The maximum atomic E-state index is 13.6. The molecular formula is C22H30FN3O2. The summed E-state index contributed by atoms with van der Waals surface area (Å²) < 4.78 is 27.4. The minimum Gasteiger partial charge on any atom is -0.377 e. The Balaban J connectivity index is 1.18. The van der Waals surface area contributed by atoms with E-state index in [-0.39, 0.29) is 11.4 Å². The van der Waals surface area contributed by atoms with E-state index in [4.69, 9.17) is 9.47 Å². The summed E-state index contributed by atoms with van der Waals surface area (Å²) in [5, 5.41) is 4.51. The van der Waals surface area contributed by atoms with Crippen molar-refractivity contribution in [3.8, 4) is 0 Å². The van der Waals surface area contributed by atoms with Crippen LogP contribution < -0.4 is 0 Å². The Morgan fingerprint density at radius 1 is 1.29 bits per heavy atom. The molecule has 0 aliphatic carbocycles. The third-order valence-corrected chi connectivity index (χ3v) is 6.24. The van der Waals surface area contributed by atoms with Crippen LogP contribution in [-0.4, -0.2) is 46.6 Å². The summed E-state index contributed by atoms with van der Waals surface area (Å²) in [6, 6.07) is 6.79. The lowest BCUT2D eigenvalue weighted by Gasteiger charge is -2.47. The van der Waals surface area contributed by atoms with Gasteiger partial charge in [0.05, 0.1) is 24.5 Å². The molecule has 152 valence electrons. The molecule has 5 nitrogen and oxygen atoms in total. The predicted molar refractivity (Wildman–Crippen MR) is 105 cm³/mol. The molecule has 0 saturated carbocycles. The van der Waals surface area contributed by atoms with Gasteiger partial charge in [-0.15, -0.1) is 0 Å². The van der Waals surface area contributed by atoms with Crippen LogP contribution in [0.25, 0.3) is 0 Å². The van der Waals surface area contributed by atoms with Crippen molar-refractivity contribution >= 4 is 0 Å². The highest BCUT2D eigenvalue weighted by Crippen LogP contribution is 2.40. The lowest BCUT2D eigenvalue weighted by atomic mass is 9.85. The minimum absolute atomic E-state index is 0.0280. The first-order valence-corrected chi connectivity index (χ1v) is 10.1. The Kier molecular flexibility index (Phi) is 5.54. The van der Waals surface area contributed by atoms with E-state index < -0.39 is 0 Å².